The Bertz CT molecular complexity index is 1130. The number of halogens is 4. The molecule has 13 heteroatoms. The predicted octanol–water partition coefficient (Wildman–Crippen LogP) is 2.20. The van der Waals surface area contributed by atoms with Gasteiger partial charge < -0.3 is 15.2 Å². The molecule has 0 radical (unpaired) electrons. The average molecular weight is 500 g/mol. The Morgan fingerprint density at radius 1 is 1.26 bits per heavy atom. The van der Waals surface area contributed by atoms with Gasteiger partial charge in [-0.3, -0.25) is 24.5 Å². The number of alkyl halides is 3. The summed E-state index contributed by atoms with van der Waals surface area (Å²) in [6.07, 6.45) is -4.50. The van der Waals surface area contributed by atoms with Crippen molar-refractivity contribution >= 4 is 45.2 Å². The minimum atomic E-state index is -4.81. The summed E-state index contributed by atoms with van der Waals surface area (Å²) >= 11 is 2.79. The lowest BCUT2D eigenvalue weighted by Gasteiger charge is -2.29. The van der Waals surface area contributed by atoms with Gasteiger partial charge in [0.15, 0.2) is 16.1 Å². The summed E-state index contributed by atoms with van der Waals surface area (Å²) in [4.78, 5) is 55.3. The molecule has 162 valence electrons. The third-order valence-corrected chi connectivity index (χ3v) is 5.33. The number of aromatic amines is 1. The molecule has 0 bridgehead atoms. The molecular weight excluding hydrogens is 487 g/mol. The first kappa shape index (κ1) is 21.0. The second-order valence-electron chi connectivity index (χ2n) is 6.97. The van der Waals surface area contributed by atoms with Gasteiger partial charge >= 0.3 is 6.18 Å². The molecule has 4 amide bonds. The molecule has 1 saturated heterocycles. The normalized spacial score (nSPS) is 18.8. The van der Waals surface area contributed by atoms with Gasteiger partial charge in [-0.15, -0.1) is 0 Å². The van der Waals surface area contributed by atoms with Crippen molar-refractivity contribution in [3.05, 3.63) is 45.4 Å². The van der Waals surface area contributed by atoms with Gasteiger partial charge in [0.2, 0.25) is 11.8 Å². The second-order valence-corrected chi connectivity index (χ2v) is 7.73. The highest BCUT2D eigenvalue weighted by Gasteiger charge is 2.40. The van der Waals surface area contributed by atoms with E-state index in [0.29, 0.717) is 11.1 Å². The van der Waals surface area contributed by atoms with Crippen molar-refractivity contribution in [2.75, 3.05) is 5.32 Å². The molecule has 1 unspecified atom stereocenters. The molecule has 1 fully saturated rings. The SMILES string of the molecule is O=C1CCC(N2Cc3cc(NC(=O)c4nc(Br)[nH]c4C(F)(F)F)ccc3C2=O)C(=O)N1. The number of nitrogens with one attached hydrogen (secondary N) is 3. The summed E-state index contributed by atoms with van der Waals surface area (Å²) in [5, 5.41) is 4.54. The fourth-order valence-corrected chi connectivity index (χ4v) is 3.93. The highest BCUT2D eigenvalue weighted by molar-refractivity contribution is 9.10. The zero-order valence-corrected chi connectivity index (χ0v) is 17.1. The number of hydrogen-bond donors (Lipinski definition) is 3. The Balaban J connectivity index is 1.54. The van der Waals surface area contributed by atoms with Gasteiger partial charge in [0.05, 0.1) is 0 Å². The quantitative estimate of drug-likeness (QED) is 0.558. The molecule has 1 atom stereocenters. The number of hydrogen-bond acceptors (Lipinski definition) is 5. The topological polar surface area (TPSA) is 124 Å². The summed E-state index contributed by atoms with van der Waals surface area (Å²) in [5.74, 6) is -2.45. The van der Waals surface area contributed by atoms with Crippen LogP contribution >= 0.6 is 15.9 Å². The van der Waals surface area contributed by atoms with Crippen molar-refractivity contribution in [2.24, 2.45) is 0 Å². The van der Waals surface area contributed by atoms with Gasteiger partial charge in [0.25, 0.3) is 11.8 Å². The van der Waals surface area contributed by atoms with Gasteiger partial charge in [0.1, 0.15) is 6.04 Å². The fraction of sp³-hybridized carbons (Fsp3) is 0.278. The van der Waals surface area contributed by atoms with Crippen LogP contribution in [0.5, 0.6) is 0 Å². The highest BCUT2D eigenvalue weighted by atomic mass is 79.9. The minimum absolute atomic E-state index is 0.0614. The van der Waals surface area contributed by atoms with E-state index in [-0.39, 0.29) is 29.8 Å². The smallest absolute Gasteiger partial charge is 0.328 e. The molecule has 3 N–H and O–H groups in total. The van der Waals surface area contributed by atoms with Crippen molar-refractivity contribution < 1.29 is 32.3 Å². The molecule has 9 nitrogen and oxygen atoms in total. The molecule has 0 saturated carbocycles. The maximum atomic E-state index is 13.1. The molecular formula is C18H13BrF3N5O4. The number of piperidine rings is 1. The Kier molecular flexibility index (Phi) is 5.07. The van der Waals surface area contributed by atoms with Crippen LogP contribution in [0, 0.1) is 0 Å². The molecule has 0 aliphatic carbocycles. The zero-order chi connectivity index (χ0) is 22.5. The fourth-order valence-electron chi connectivity index (χ4n) is 3.56. The zero-order valence-electron chi connectivity index (χ0n) is 15.5. The van der Waals surface area contributed by atoms with Crippen LogP contribution in [-0.2, 0) is 22.3 Å². The van der Waals surface area contributed by atoms with Crippen molar-refractivity contribution in [1.82, 2.24) is 20.2 Å². The largest absolute Gasteiger partial charge is 0.433 e. The maximum Gasteiger partial charge on any atom is 0.433 e. The van der Waals surface area contributed by atoms with Crippen LogP contribution in [0.4, 0.5) is 18.9 Å². The molecule has 31 heavy (non-hydrogen) atoms. The summed E-state index contributed by atoms with van der Waals surface area (Å²) in [6.45, 7) is 0.0614. The maximum absolute atomic E-state index is 13.1. The van der Waals surface area contributed by atoms with Crippen molar-refractivity contribution in [3.63, 3.8) is 0 Å². The number of carbonyl (C=O) groups excluding carboxylic acids is 4. The number of aromatic nitrogens is 2. The summed E-state index contributed by atoms with van der Waals surface area (Å²) < 4.78 is 39.0. The van der Waals surface area contributed by atoms with Crippen molar-refractivity contribution in [3.8, 4) is 0 Å². The van der Waals surface area contributed by atoms with Gasteiger partial charge in [-0.2, -0.15) is 13.2 Å². The van der Waals surface area contributed by atoms with E-state index >= 15 is 0 Å². The van der Waals surface area contributed by atoms with Crippen LogP contribution in [0.25, 0.3) is 0 Å². The van der Waals surface area contributed by atoms with Gasteiger partial charge in [-0.25, -0.2) is 4.98 Å². The van der Waals surface area contributed by atoms with E-state index in [1.165, 1.54) is 23.1 Å². The molecule has 0 spiro atoms. The number of rotatable bonds is 3. The van der Waals surface area contributed by atoms with Crippen LogP contribution in [0.1, 0.15) is 44.9 Å². The molecule has 2 aliphatic heterocycles. The molecule has 3 heterocycles. The summed E-state index contributed by atoms with van der Waals surface area (Å²) in [6, 6.07) is 3.44. The van der Waals surface area contributed by atoms with Crippen molar-refractivity contribution in [1.29, 1.82) is 0 Å². The Morgan fingerprint density at radius 2 is 2.00 bits per heavy atom. The molecule has 2 aliphatic rings. The Labute approximate surface area is 180 Å². The van der Waals surface area contributed by atoms with E-state index < -0.39 is 47.2 Å². The summed E-state index contributed by atoms with van der Waals surface area (Å²) in [5.41, 5.74) is -1.17. The number of imidazole rings is 1. The molecule has 2 aromatic rings. The third-order valence-electron chi connectivity index (χ3n) is 4.95. The van der Waals surface area contributed by atoms with E-state index in [9.17, 15) is 32.3 Å². The predicted molar refractivity (Wildman–Crippen MR) is 102 cm³/mol. The number of carbonyl (C=O) groups is 4. The van der Waals surface area contributed by atoms with Crippen LogP contribution in [0.3, 0.4) is 0 Å². The van der Waals surface area contributed by atoms with Gasteiger partial charge in [-0.1, -0.05) is 0 Å². The lowest BCUT2D eigenvalue weighted by molar-refractivity contribution is -0.141. The molecule has 1 aromatic carbocycles. The van der Waals surface area contributed by atoms with Gasteiger partial charge in [-0.05, 0) is 46.1 Å². The summed E-state index contributed by atoms with van der Waals surface area (Å²) in [7, 11) is 0. The van der Waals surface area contributed by atoms with Crippen molar-refractivity contribution in [2.45, 2.75) is 31.6 Å². The number of H-pyrrole nitrogens is 1. The number of imide groups is 1. The molecule has 4 rings (SSSR count). The van der Waals surface area contributed by atoms with E-state index in [4.69, 9.17) is 0 Å². The van der Waals surface area contributed by atoms with Crippen LogP contribution in [0.15, 0.2) is 22.9 Å². The number of benzene rings is 1. The van der Waals surface area contributed by atoms with E-state index in [2.05, 4.69) is 31.5 Å². The first-order valence-corrected chi connectivity index (χ1v) is 9.75. The first-order valence-electron chi connectivity index (χ1n) is 8.96. The van der Waals surface area contributed by atoms with Crippen LogP contribution < -0.4 is 10.6 Å². The third kappa shape index (κ3) is 3.92. The number of anilines is 1. The van der Waals surface area contributed by atoms with Crippen LogP contribution in [0.2, 0.25) is 0 Å². The van der Waals surface area contributed by atoms with E-state index in [0.717, 1.165) is 0 Å². The Hall–Kier alpha value is -3.22. The standard InChI is InChI=1S/C18H13BrF3N5O4/c19-17-25-12(13(26-17)18(20,21)22)15(30)23-8-1-2-9-7(5-8)6-27(16(9)31)10-3-4-11(28)24-14(10)29/h1-2,5,10H,3-4,6H2,(H,23,30)(H,25,26)(H,24,28,29). The number of amides is 4. The van der Waals surface area contributed by atoms with Crippen LogP contribution in [-0.4, -0.2) is 44.5 Å². The average Bonchev–Trinajstić information content (AvgIpc) is 3.22. The Morgan fingerprint density at radius 3 is 2.68 bits per heavy atom. The second kappa shape index (κ2) is 7.48. The molecule has 1 aromatic heterocycles. The van der Waals surface area contributed by atoms with E-state index in [1.807, 2.05) is 4.98 Å². The number of fused-ring (bicyclic) bond motifs is 1. The van der Waals surface area contributed by atoms with Gasteiger partial charge in [0, 0.05) is 24.2 Å². The number of nitrogens with zero attached hydrogens (tertiary/aromatic N) is 2. The monoisotopic (exact) mass is 499 g/mol. The lowest BCUT2D eigenvalue weighted by Crippen LogP contribution is -2.52. The minimum Gasteiger partial charge on any atom is -0.328 e. The van der Waals surface area contributed by atoms with E-state index in [1.54, 1.807) is 0 Å². The first-order chi connectivity index (χ1) is 14.5. The lowest BCUT2D eigenvalue weighted by atomic mass is 10.0. The highest BCUT2D eigenvalue weighted by Crippen LogP contribution is 2.33.